The summed E-state index contributed by atoms with van der Waals surface area (Å²) in [6, 6.07) is 5.51. The number of carbonyl (C=O) groups is 1. The summed E-state index contributed by atoms with van der Waals surface area (Å²) in [4.78, 5) is 21.6. The lowest BCUT2D eigenvalue weighted by Gasteiger charge is -2.30. The Morgan fingerprint density at radius 3 is 2.69 bits per heavy atom. The quantitative estimate of drug-likeness (QED) is 0.425. The van der Waals surface area contributed by atoms with Gasteiger partial charge in [-0.25, -0.2) is 22.9 Å². The molecule has 2 amide bonds. The highest BCUT2D eigenvalue weighted by atomic mass is 32.2. The number of aryl methyl sites for hydroxylation is 1. The van der Waals surface area contributed by atoms with Gasteiger partial charge in [0.2, 0.25) is 9.84 Å². The van der Waals surface area contributed by atoms with Gasteiger partial charge in [0.25, 0.3) is 5.16 Å². The third-order valence-corrected chi connectivity index (χ3v) is 8.38. The average molecular weight is 534 g/mol. The highest BCUT2D eigenvalue weighted by Gasteiger charge is 2.25. The van der Waals surface area contributed by atoms with Crippen LogP contribution in [0.4, 0.5) is 21.3 Å². The van der Waals surface area contributed by atoms with Crippen LogP contribution in [0.1, 0.15) is 29.7 Å². The van der Waals surface area contributed by atoms with E-state index >= 15 is 0 Å². The van der Waals surface area contributed by atoms with Crippen molar-refractivity contribution in [3.05, 3.63) is 34.8 Å². The molecule has 3 aromatic rings. The van der Waals surface area contributed by atoms with Crippen molar-refractivity contribution in [3.63, 3.8) is 0 Å². The molecule has 1 fully saturated rings. The van der Waals surface area contributed by atoms with Crippen LogP contribution in [-0.4, -0.2) is 78.3 Å². The van der Waals surface area contributed by atoms with Crippen molar-refractivity contribution in [2.24, 2.45) is 0 Å². The van der Waals surface area contributed by atoms with Gasteiger partial charge in [0, 0.05) is 30.7 Å². The number of sulfone groups is 1. The second kappa shape index (κ2) is 11.3. The number of nitrogens with one attached hydrogen (secondary N) is 2. The maximum Gasteiger partial charge on any atom is 0.325 e. The third-order valence-electron chi connectivity index (χ3n) is 5.74. The number of urea groups is 1. The molecule has 2 aromatic heterocycles. The summed E-state index contributed by atoms with van der Waals surface area (Å²) in [5.74, 6) is -0.312. The predicted molar refractivity (Wildman–Crippen MR) is 139 cm³/mol. The molecule has 0 bridgehead atoms. The number of carbonyl (C=O) groups excluding carboxylic acids is 1. The molecule has 0 atom stereocenters. The SMILES string of the molecule is Cc1ccc(NC(=O)Nc2ncc(CS(=O)(=O)c3nnnn3CCN(C)C)s2)c(N2CCCCC2)c1. The highest BCUT2D eigenvalue weighted by Crippen LogP contribution is 2.30. The Kier molecular flexibility index (Phi) is 8.16. The molecule has 12 nitrogen and oxygen atoms in total. The molecule has 0 aliphatic carbocycles. The highest BCUT2D eigenvalue weighted by molar-refractivity contribution is 7.90. The minimum absolute atomic E-state index is 0.186. The smallest absolute Gasteiger partial charge is 0.325 e. The monoisotopic (exact) mass is 533 g/mol. The number of likely N-dealkylation sites (N-methyl/N-ethyl adjacent to an activating group) is 1. The lowest BCUT2D eigenvalue weighted by molar-refractivity contribution is 0.262. The largest absolute Gasteiger partial charge is 0.370 e. The van der Waals surface area contributed by atoms with Crippen LogP contribution in [0.15, 0.2) is 29.6 Å². The third kappa shape index (κ3) is 6.56. The maximum absolute atomic E-state index is 12.9. The summed E-state index contributed by atoms with van der Waals surface area (Å²) < 4.78 is 27.1. The Bertz CT molecular complexity index is 1300. The van der Waals surface area contributed by atoms with E-state index in [0.29, 0.717) is 23.1 Å². The summed E-state index contributed by atoms with van der Waals surface area (Å²) in [5, 5.41) is 16.8. The summed E-state index contributed by atoms with van der Waals surface area (Å²) >= 11 is 1.10. The van der Waals surface area contributed by atoms with Gasteiger partial charge in [-0.05, 0) is 68.4 Å². The van der Waals surface area contributed by atoms with E-state index in [2.05, 4.69) is 42.1 Å². The molecular formula is C22H31N9O3S2. The van der Waals surface area contributed by atoms with Gasteiger partial charge in [0.05, 0.1) is 23.7 Å². The minimum Gasteiger partial charge on any atom is -0.370 e. The molecule has 0 unspecified atom stereocenters. The lowest BCUT2D eigenvalue weighted by atomic mass is 10.1. The number of nitrogens with zero attached hydrogens (tertiary/aromatic N) is 7. The molecule has 0 spiro atoms. The van der Waals surface area contributed by atoms with Crippen molar-refractivity contribution in [1.82, 2.24) is 30.1 Å². The Balaban J connectivity index is 1.40. The summed E-state index contributed by atoms with van der Waals surface area (Å²) in [5.41, 5.74) is 2.85. The molecule has 0 radical (unpaired) electrons. The fourth-order valence-corrected chi connectivity index (χ4v) is 6.42. The number of hydrogen-bond acceptors (Lipinski definition) is 10. The van der Waals surface area contributed by atoms with E-state index in [4.69, 9.17) is 0 Å². The van der Waals surface area contributed by atoms with Gasteiger partial charge in [-0.2, -0.15) is 0 Å². The molecule has 4 rings (SSSR count). The molecular weight excluding hydrogens is 502 g/mol. The van der Waals surface area contributed by atoms with E-state index in [9.17, 15) is 13.2 Å². The van der Waals surface area contributed by atoms with E-state index in [1.165, 1.54) is 17.3 Å². The molecule has 1 aliphatic rings. The first-order valence-electron chi connectivity index (χ1n) is 11.7. The van der Waals surface area contributed by atoms with E-state index in [1.54, 1.807) is 0 Å². The van der Waals surface area contributed by atoms with E-state index in [1.807, 2.05) is 38.1 Å². The molecule has 1 aromatic carbocycles. The Hall–Kier alpha value is -3.10. The first-order valence-corrected chi connectivity index (χ1v) is 14.2. The molecule has 3 heterocycles. The summed E-state index contributed by atoms with van der Waals surface area (Å²) in [6.45, 7) is 4.90. The molecule has 36 heavy (non-hydrogen) atoms. The zero-order chi connectivity index (χ0) is 25.7. The van der Waals surface area contributed by atoms with Crippen LogP contribution in [0.5, 0.6) is 0 Å². The van der Waals surface area contributed by atoms with E-state index < -0.39 is 15.9 Å². The van der Waals surface area contributed by atoms with Crippen LogP contribution in [0.2, 0.25) is 0 Å². The summed E-state index contributed by atoms with van der Waals surface area (Å²) in [6.07, 6.45) is 4.92. The van der Waals surface area contributed by atoms with Gasteiger partial charge in [-0.3, -0.25) is 5.32 Å². The average Bonchev–Trinajstić information content (AvgIpc) is 3.49. The molecule has 2 N–H and O–H groups in total. The number of anilines is 3. The second-order valence-corrected chi connectivity index (χ2v) is 12.0. The number of tetrazole rings is 1. The topological polar surface area (TPSA) is 138 Å². The zero-order valence-electron chi connectivity index (χ0n) is 20.6. The standard InChI is InChI=1S/C22H31N9O3S2/c1-16-7-8-18(19(13-16)30-9-5-4-6-10-30)24-20(32)25-21-23-14-17(35-21)15-36(33,34)22-26-27-28-31(22)12-11-29(2)3/h7-8,13-14H,4-6,9-12,15H2,1-3H3,(H2,23,24,25,32). The first-order chi connectivity index (χ1) is 17.2. The Morgan fingerprint density at radius 2 is 1.94 bits per heavy atom. The molecule has 1 aliphatic heterocycles. The van der Waals surface area contributed by atoms with Crippen molar-refractivity contribution in [2.45, 2.75) is 43.6 Å². The first kappa shape index (κ1) is 26.0. The fraction of sp³-hybridized carbons (Fsp3) is 0.500. The van der Waals surface area contributed by atoms with E-state index in [-0.39, 0.29) is 10.9 Å². The maximum atomic E-state index is 12.9. The van der Waals surface area contributed by atoms with Crippen molar-refractivity contribution < 1.29 is 13.2 Å². The molecule has 14 heteroatoms. The predicted octanol–water partition coefficient (Wildman–Crippen LogP) is 2.61. The van der Waals surface area contributed by atoms with Gasteiger partial charge in [0.15, 0.2) is 5.13 Å². The number of thiazole rings is 1. The van der Waals surface area contributed by atoms with Gasteiger partial charge in [-0.1, -0.05) is 11.2 Å². The van der Waals surface area contributed by atoms with Crippen molar-refractivity contribution >= 4 is 43.7 Å². The van der Waals surface area contributed by atoms with Crippen molar-refractivity contribution in [2.75, 3.05) is 49.3 Å². The summed E-state index contributed by atoms with van der Waals surface area (Å²) in [7, 11) is -0.0240. The number of hydrogen-bond donors (Lipinski definition) is 2. The molecule has 1 saturated heterocycles. The van der Waals surface area contributed by atoms with Crippen LogP contribution in [0, 0.1) is 6.92 Å². The van der Waals surface area contributed by atoms with Crippen molar-refractivity contribution in [1.29, 1.82) is 0 Å². The van der Waals surface area contributed by atoms with Gasteiger partial charge in [-0.15, -0.1) is 11.3 Å². The van der Waals surface area contributed by atoms with Crippen LogP contribution in [0.3, 0.4) is 0 Å². The van der Waals surface area contributed by atoms with E-state index in [0.717, 1.165) is 54.2 Å². The molecule has 0 saturated carbocycles. The second-order valence-electron chi connectivity index (χ2n) is 9.03. The lowest BCUT2D eigenvalue weighted by Crippen LogP contribution is -2.31. The number of piperidine rings is 1. The number of benzene rings is 1. The fourth-order valence-electron chi connectivity index (χ4n) is 3.93. The zero-order valence-corrected chi connectivity index (χ0v) is 22.3. The van der Waals surface area contributed by atoms with Crippen LogP contribution >= 0.6 is 11.3 Å². The van der Waals surface area contributed by atoms with Gasteiger partial charge in [0.1, 0.15) is 0 Å². The number of rotatable bonds is 9. The molecule has 194 valence electrons. The Labute approximate surface area is 214 Å². The minimum atomic E-state index is -3.79. The van der Waals surface area contributed by atoms with Gasteiger partial charge < -0.3 is 15.1 Å². The van der Waals surface area contributed by atoms with Crippen LogP contribution < -0.4 is 15.5 Å². The van der Waals surface area contributed by atoms with Crippen LogP contribution in [-0.2, 0) is 22.1 Å². The number of amides is 2. The van der Waals surface area contributed by atoms with Gasteiger partial charge >= 0.3 is 6.03 Å². The number of aromatic nitrogens is 5. The van der Waals surface area contributed by atoms with Crippen LogP contribution in [0.25, 0.3) is 0 Å². The Morgan fingerprint density at radius 1 is 1.17 bits per heavy atom. The van der Waals surface area contributed by atoms with Crippen molar-refractivity contribution in [3.8, 4) is 0 Å². The normalized spacial score (nSPS) is 14.3.